The zero-order valence-electron chi connectivity index (χ0n) is 9.56. The summed E-state index contributed by atoms with van der Waals surface area (Å²) in [6.07, 6.45) is 0.768. The van der Waals surface area contributed by atoms with Crippen molar-refractivity contribution in [3.05, 3.63) is 24.3 Å². The zero-order chi connectivity index (χ0) is 12.0. The molecule has 0 amide bonds. The molecule has 0 aliphatic carbocycles. The minimum absolute atomic E-state index is 0.243. The van der Waals surface area contributed by atoms with Gasteiger partial charge < -0.3 is 4.74 Å². The van der Waals surface area contributed by atoms with Gasteiger partial charge >= 0.3 is 0 Å². The van der Waals surface area contributed by atoms with E-state index in [9.17, 15) is 8.42 Å². The highest BCUT2D eigenvalue weighted by molar-refractivity contribution is 7.89. The largest absolute Gasteiger partial charge is 0.494 e. The first-order chi connectivity index (χ1) is 7.60. The van der Waals surface area contributed by atoms with Crippen LogP contribution in [-0.4, -0.2) is 21.6 Å². The highest BCUT2D eigenvalue weighted by Crippen LogP contribution is 2.17. The van der Waals surface area contributed by atoms with Gasteiger partial charge in [-0.2, -0.15) is 0 Å². The summed E-state index contributed by atoms with van der Waals surface area (Å²) in [4.78, 5) is 0.243. The minimum atomic E-state index is -3.39. The summed E-state index contributed by atoms with van der Waals surface area (Å²) in [6.45, 7) is 4.74. The fraction of sp³-hybridized carbons (Fsp3) is 0.455. The fourth-order valence-corrected chi connectivity index (χ4v) is 2.39. The van der Waals surface area contributed by atoms with Gasteiger partial charge in [-0.15, -0.1) is 0 Å². The lowest BCUT2D eigenvalue weighted by atomic mass is 10.3. The van der Waals surface area contributed by atoms with Gasteiger partial charge in [0.25, 0.3) is 0 Å². The molecular weight excluding hydrogens is 226 g/mol. The van der Waals surface area contributed by atoms with Crippen LogP contribution in [0.3, 0.4) is 0 Å². The standard InChI is InChI=1S/C11H17NO3S/c1-3-8-12-16(13,14)11-7-5-6-10(9-11)15-4-2/h5-7,9,12H,3-4,8H2,1-2H3. The molecule has 0 atom stereocenters. The predicted octanol–water partition coefficient (Wildman–Crippen LogP) is 1.77. The van der Waals surface area contributed by atoms with E-state index in [1.54, 1.807) is 18.2 Å². The van der Waals surface area contributed by atoms with Gasteiger partial charge in [-0.05, 0) is 25.5 Å². The van der Waals surface area contributed by atoms with Crippen molar-refractivity contribution in [2.45, 2.75) is 25.2 Å². The molecule has 1 N–H and O–H groups in total. The van der Waals surface area contributed by atoms with Crippen LogP contribution in [0.2, 0.25) is 0 Å². The molecule has 1 rings (SSSR count). The van der Waals surface area contributed by atoms with Gasteiger partial charge in [0.05, 0.1) is 11.5 Å². The van der Waals surface area contributed by atoms with Crippen LogP contribution in [0.4, 0.5) is 0 Å². The van der Waals surface area contributed by atoms with Crippen molar-refractivity contribution in [2.24, 2.45) is 0 Å². The smallest absolute Gasteiger partial charge is 0.240 e. The summed E-state index contributed by atoms with van der Waals surface area (Å²) in [6, 6.07) is 6.50. The molecule has 90 valence electrons. The zero-order valence-corrected chi connectivity index (χ0v) is 10.4. The Hall–Kier alpha value is -1.07. The van der Waals surface area contributed by atoms with Gasteiger partial charge in [0.2, 0.25) is 10.0 Å². The predicted molar refractivity (Wildman–Crippen MR) is 63.1 cm³/mol. The van der Waals surface area contributed by atoms with Crippen LogP contribution in [0.25, 0.3) is 0 Å². The first-order valence-corrected chi connectivity index (χ1v) is 6.81. The maximum Gasteiger partial charge on any atom is 0.240 e. The molecule has 0 bridgehead atoms. The molecule has 0 aliphatic heterocycles. The molecule has 0 unspecified atom stereocenters. The number of nitrogens with one attached hydrogen (secondary N) is 1. The van der Waals surface area contributed by atoms with Crippen molar-refractivity contribution in [1.29, 1.82) is 0 Å². The summed E-state index contributed by atoms with van der Waals surface area (Å²) in [5.74, 6) is 0.571. The van der Waals surface area contributed by atoms with E-state index in [2.05, 4.69) is 4.72 Å². The Morgan fingerprint density at radius 2 is 2.06 bits per heavy atom. The molecule has 1 aromatic carbocycles. The van der Waals surface area contributed by atoms with Crippen molar-refractivity contribution in [3.8, 4) is 5.75 Å². The van der Waals surface area contributed by atoms with Crippen molar-refractivity contribution in [1.82, 2.24) is 4.72 Å². The lowest BCUT2D eigenvalue weighted by molar-refractivity contribution is 0.339. The van der Waals surface area contributed by atoms with Crippen LogP contribution in [0.1, 0.15) is 20.3 Å². The third-order valence-corrected chi connectivity index (χ3v) is 3.43. The van der Waals surface area contributed by atoms with E-state index in [0.29, 0.717) is 18.9 Å². The van der Waals surface area contributed by atoms with Crippen molar-refractivity contribution in [3.63, 3.8) is 0 Å². The van der Waals surface area contributed by atoms with Gasteiger partial charge in [-0.1, -0.05) is 13.0 Å². The van der Waals surface area contributed by atoms with E-state index < -0.39 is 10.0 Å². The van der Waals surface area contributed by atoms with E-state index in [1.165, 1.54) is 6.07 Å². The van der Waals surface area contributed by atoms with Crippen LogP contribution in [-0.2, 0) is 10.0 Å². The molecule has 0 fully saturated rings. The van der Waals surface area contributed by atoms with Crippen LogP contribution < -0.4 is 9.46 Å². The molecule has 0 heterocycles. The second-order valence-electron chi connectivity index (χ2n) is 3.31. The quantitative estimate of drug-likeness (QED) is 0.828. The Kier molecular flexibility index (Phi) is 4.76. The number of rotatable bonds is 6. The van der Waals surface area contributed by atoms with Crippen molar-refractivity contribution in [2.75, 3.05) is 13.2 Å². The Balaban J connectivity index is 2.90. The Bertz CT molecular complexity index is 429. The fourth-order valence-electron chi connectivity index (χ4n) is 1.22. The van der Waals surface area contributed by atoms with Crippen LogP contribution in [0.15, 0.2) is 29.2 Å². The summed E-state index contributed by atoms with van der Waals surface area (Å²) >= 11 is 0. The van der Waals surface area contributed by atoms with Gasteiger partial charge in [-0.25, -0.2) is 13.1 Å². The van der Waals surface area contributed by atoms with Crippen LogP contribution in [0, 0.1) is 0 Å². The molecule has 0 aliphatic rings. The first kappa shape index (κ1) is 13.0. The minimum Gasteiger partial charge on any atom is -0.494 e. The van der Waals surface area contributed by atoms with Crippen LogP contribution in [0.5, 0.6) is 5.75 Å². The summed E-state index contributed by atoms with van der Waals surface area (Å²) in [5, 5.41) is 0. The SMILES string of the molecule is CCCNS(=O)(=O)c1cccc(OCC)c1. The summed E-state index contributed by atoms with van der Waals surface area (Å²) < 4.78 is 31.3. The lowest BCUT2D eigenvalue weighted by Gasteiger charge is -2.07. The Labute approximate surface area is 96.7 Å². The van der Waals surface area contributed by atoms with Gasteiger partial charge in [0.1, 0.15) is 5.75 Å². The normalized spacial score (nSPS) is 11.4. The lowest BCUT2D eigenvalue weighted by Crippen LogP contribution is -2.24. The number of hydrogen-bond acceptors (Lipinski definition) is 3. The molecular formula is C11H17NO3S. The van der Waals surface area contributed by atoms with Gasteiger partial charge in [0.15, 0.2) is 0 Å². The first-order valence-electron chi connectivity index (χ1n) is 5.32. The third kappa shape index (κ3) is 3.50. The molecule has 0 saturated heterocycles. The molecule has 0 aromatic heterocycles. The maximum atomic E-state index is 11.8. The molecule has 16 heavy (non-hydrogen) atoms. The Morgan fingerprint density at radius 1 is 1.31 bits per heavy atom. The molecule has 1 aromatic rings. The molecule has 4 nitrogen and oxygen atoms in total. The van der Waals surface area contributed by atoms with E-state index in [0.717, 1.165) is 6.42 Å². The van der Waals surface area contributed by atoms with E-state index in [-0.39, 0.29) is 4.90 Å². The molecule has 0 radical (unpaired) electrons. The maximum absolute atomic E-state index is 11.8. The number of benzene rings is 1. The average Bonchev–Trinajstić information content (AvgIpc) is 2.27. The molecule has 0 saturated carbocycles. The third-order valence-electron chi connectivity index (χ3n) is 1.97. The number of sulfonamides is 1. The number of hydrogen-bond donors (Lipinski definition) is 1. The monoisotopic (exact) mass is 243 g/mol. The highest BCUT2D eigenvalue weighted by Gasteiger charge is 2.13. The summed E-state index contributed by atoms with van der Waals surface area (Å²) in [7, 11) is -3.39. The van der Waals surface area contributed by atoms with Crippen molar-refractivity contribution >= 4 is 10.0 Å². The molecule has 0 spiro atoms. The second-order valence-corrected chi connectivity index (χ2v) is 5.07. The highest BCUT2D eigenvalue weighted by atomic mass is 32.2. The van der Waals surface area contributed by atoms with Gasteiger partial charge in [-0.3, -0.25) is 0 Å². The molecule has 5 heteroatoms. The average molecular weight is 243 g/mol. The van der Waals surface area contributed by atoms with Crippen LogP contribution >= 0.6 is 0 Å². The van der Waals surface area contributed by atoms with Crippen molar-refractivity contribution < 1.29 is 13.2 Å². The number of ether oxygens (including phenoxy) is 1. The second kappa shape index (κ2) is 5.86. The van der Waals surface area contributed by atoms with E-state index in [1.807, 2.05) is 13.8 Å². The summed E-state index contributed by atoms with van der Waals surface area (Å²) in [5.41, 5.74) is 0. The van der Waals surface area contributed by atoms with E-state index >= 15 is 0 Å². The van der Waals surface area contributed by atoms with Gasteiger partial charge in [0, 0.05) is 12.6 Å². The Morgan fingerprint density at radius 3 is 2.69 bits per heavy atom. The van der Waals surface area contributed by atoms with E-state index in [4.69, 9.17) is 4.74 Å². The topological polar surface area (TPSA) is 55.4 Å².